The molecule has 0 bridgehead atoms. The zero-order chi connectivity index (χ0) is 11.4. The molecule has 0 saturated carbocycles. The lowest BCUT2D eigenvalue weighted by Gasteiger charge is -2.04. The second-order valence-electron chi connectivity index (χ2n) is 3.08. The maximum atomic E-state index is 10.6. The number of nitroso groups, excluding NO2 is 1. The first-order chi connectivity index (χ1) is 7.10. The van der Waals surface area contributed by atoms with E-state index in [4.69, 9.17) is 4.74 Å². The van der Waals surface area contributed by atoms with Gasteiger partial charge in [0.25, 0.3) is 0 Å². The van der Waals surface area contributed by atoms with Gasteiger partial charge in [-0.05, 0) is 5.18 Å². The molecule has 82 valence electrons. The third kappa shape index (κ3) is 2.39. The summed E-state index contributed by atoms with van der Waals surface area (Å²) in [6.07, 6.45) is 0.694. The van der Waals surface area contributed by atoms with Crippen LogP contribution in [0.5, 0.6) is 0 Å². The highest BCUT2D eigenvalue weighted by Gasteiger charge is 2.15. The van der Waals surface area contributed by atoms with Gasteiger partial charge >= 0.3 is 5.97 Å². The molecule has 0 fully saturated rings. The first-order valence-electron chi connectivity index (χ1n) is 4.61. The van der Waals surface area contributed by atoms with Crippen molar-refractivity contribution >= 4 is 11.8 Å². The summed E-state index contributed by atoms with van der Waals surface area (Å²) in [6.45, 7) is 3.26. The van der Waals surface area contributed by atoms with Crippen molar-refractivity contribution in [2.45, 2.75) is 26.9 Å². The zero-order valence-corrected chi connectivity index (χ0v) is 8.98. The second kappa shape index (κ2) is 4.68. The van der Waals surface area contributed by atoms with E-state index in [2.05, 4.69) is 10.2 Å². The van der Waals surface area contributed by atoms with Crippen LogP contribution in [0.4, 0.5) is 5.82 Å². The monoisotopic (exact) mass is 211 g/mol. The van der Waals surface area contributed by atoms with Gasteiger partial charge in [-0.2, -0.15) is 0 Å². The number of aromatic nitrogens is 2. The molecule has 0 aliphatic heterocycles. The molecule has 0 atom stereocenters. The number of aryl methyl sites for hydroxylation is 1. The summed E-state index contributed by atoms with van der Waals surface area (Å²) in [5, 5.41) is 2.80. The van der Waals surface area contributed by atoms with Gasteiger partial charge in [0, 0.05) is 20.4 Å². The van der Waals surface area contributed by atoms with E-state index in [0.717, 1.165) is 5.82 Å². The molecule has 15 heavy (non-hydrogen) atoms. The molecule has 1 aromatic heterocycles. The van der Waals surface area contributed by atoms with Crippen LogP contribution < -0.4 is 0 Å². The minimum atomic E-state index is -0.397. The van der Waals surface area contributed by atoms with E-state index in [0.29, 0.717) is 12.1 Å². The van der Waals surface area contributed by atoms with Crippen LogP contribution >= 0.6 is 0 Å². The fourth-order valence-electron chi connectivity index (χ4n) is 1.29. The van der Waals surface area contributed by atoms with Crippen LogP contribution in [0.1, 0.15) is 25.4 Å². The van der Waals surface area contributed by atoms with Gasteiger partial charge in [-0.15, -0.1) is 4.91 Å². The highest BCUT2D eigenvalue weighted by atomic mass is 16.5. The van der Waals surface area contributed by atoms with Crippen molar-refractivity contribution in [2.75, 3.05) is 0 Å². The average molecular weight is 211 g/mol. The molecule has 1 aromatic rings. The Balaban J connectivity index is 2.97. The van der Waals surface area contributed by atoms with Gasteiger partial charge in [0.1, 0.15) is 18.1 Å². The zero-order valence-electron chi connectivity index (χ0n) is 8.98. The summed E-state index contributed by atoms with van der Waals surface area (Å²) in [5.41, 5.74) is 0.525. The number of hydrogen-bond donors (Lipinski definition) is 0. The molecule has 0 spiro atoms. The Morgan fingerprint density at radius 2 is 2.27 bits per heavy atom. The highest BCUT2D eigenvalue weighted by molar-refractivity contribution is 5.66. The van der Waals surface area contributed by atoms with Gasteiger partial charge < -0.3 is 9.30 Å². The van der Waals surface area contributed by atoms with Crippen LogP contribution in [0.25, 0.3) is 0 Å². The van der Waals surface area contributed by atoms with E-state index in [9.17, 15) is 9.70 Å². The van der Waals surface area contributed by atoms with E-state index < -0.39 is 5.97 Å². The Morgan fingerprint density at radius 3 is 2.73 bits per heavy atom. The van der Waals surface area contributed by atoms with Gasteiger partial charge in [-0.3, -0.25) is 4.79 Å². The molecule has 0 N–H and O–H groups in total. The number of ether oxygens (including phenoxy) is 1. The molecule has 0 unspecified atom stereocenters. The van der Waals surface area contributed by atoms with Gasteiger partial charge in [0.15, 0.2) is 0 Å². The van der Waals surface area contributed by atoms with E-state index in [1.54, 1.807) is 11.6 Å². The number of nitrogens with zero attached hydrogens (tertiary/aromatic N) is 3. The minimum absolute atomic E-state index is 0.0277. The number of hydrogen-bond acceptors (Lipinski definition) is 5. The third-order valence-corrected chi connectivity index (χ3v) is 2.10. The van der Waals surface area contributed by atoms with E-state index in [1.165, 1.54) is 6.92 Å². The summed E-state index contributed by atoms with van der Waals surface area (Å²) in [5.74, 6) is 0.438. The normalized spacial score (nSPS) is 10.1. The molecule has 6 heteroatoms. The predicted octanol–water partition coefficient (Wildman–Crippen LogP) is 1.44. The van der Waals surface area contributed by atoms with Gasteiger partial charge in [0.2, 0.25) is 5.82 Å². The summed E-state index contributed by atoms with van der Waals surface area (Å²) in [7, 11) is 1.76. The molecular weight excluding hydrogens is 198 g/mol. The Hall–Kier alpha value is -1.72. The van der Waals surface area contributed by atoms with Gasteiger partial charge in [-0.1, -0.05) is 6.92 Å². The molecule has 0 aliphatic carbocycles. The van der Waals surface area contributed by atoms with E-state index >= 15 is 0 Å². The number of carbonyl (C=O) groups is 1. The van der Waals surface area contributed by atoms with Crippen molar-refractivity contribution in [2.24, 2.45) is 12.2 Å². The smallest absolute Gasteiger partial charge is 0.303 e. The van der Waals surface area contributed by atoms with Crippen molar-refractivity contribution in [3.05, 3.63) is 16.4 Å². The Labute approximate surface area is 87.2 Å². The third-order valence-electron chi connectivity index (χ3n) is 2.10. The summed E-state index contributed by atoms with van der Waals surface area (Å²) >= 11 is 0. The molecule has 1 heterocycles. The predicted molar refractivity (Wildman–Crippen MR) is 53.5 cm³/mol. The number of carbonyl (C=O) groups excluding carboxylic acids is 1. The van der Waals surface area contributed by atoms with Crippen LogP contribution in [0, 0.1) is 4.91 Å². The van der Waals surface area contributed by atoms with E-state index in [1.807, 2.05) is 6.92 Å². The lowest BCUT2D eigenvalue weighted by atomic mass is 10.4. The van der Waals surface area contributed by atoms with Crippen molar-refractivity contribution in [3.8, 4) is 0 Å². The SMILES string of the molecule is CCc1nc(N=O)c(COC(C)=O)n1C. The van der Waals surface area contributed by atoms with Gasteiger partial charge in [-0.25, -0.2) is 4.98 Å². The molecule has 0 saturated heterocycles. The summed E-state index contributed by atoms with van der Waals surface area (Å²) in [4.78, 5) is 25.1. The largest absolute Gasteiger partial charge is 0.459 e. The topological polar surface area (TPSA) is 73.6 Å². The van der Waals surface area contributed by atoms with Gasteiger partial charge in [0.05, 0.1) is 0 Å². The maximum absolute atomic E-state index is 10.6. The molecule has 0 aromatic carbocycles. The number of rotatable bonds is 4. The Kier molecular flexibility index (Phi) is 3.54. The van der Waals surface area contributed by atoms with Crippen LogP contribution in [0.3, 0.4) is 0 Å². The highest BCUT2D eigenvalue weighted by Crippen LogP contribution is 2.20. The Bertz CT molecular complexity index is 384. The summed E-state index contributed by atoms with van der Waals surface area (Å²) < 4.78 is 6.53. The van der Waals surface area contributed by atoms with Crippen molar-refractivity contribution in [3.63, 3.8) is 0 Å². The van der Waals surface area contributed by atoms with Crippen molar-refractivity contribution in [1.29, 1.82) is 0 Å². The molecular formula is C9H13N3O3. The van der Waals surface area contributed by atoms with Crippen LogP contribution in [-0.2, 0) is 29.6 Å². The molecule has 0 aliphatic rings. The molecule has 1 rings (SSSR count). The molecule has 0 radical (unpaired) electrons. The molecule has 6 nitrogen and oxygen atoms in total. The first kappa shape index (κ1) is 11.4. The molecule has 0 amide bonds. The van der Waals surface area contributed by atoms with Crippen LogP contribution in [0.15, 0.2) is 5.18 Å². The summed E-state index contributed by atoms with van der Waals surface area (Å²) in [6, 6.07) is 0. The Morgan fingerprint density at radius 1 is 1.60 bits per heavy atom. The van der Waals surface area contributed by atoms with Crippen molar-refractivity contribution < 1.29 is 9.53 Å². The first-order valence-corrected chi connectivity index (χ1v) is 4.61. The average Bonchev–Trinajstić information content (AvgIpc) is 2.51. The lowest BCUT2D eigenvalue weighted by Crippen LogP contribution is -2.05. The fraction of sp³-hybridized carbons (Fsp3) is 0.556. The van der Waals surface area contributed by atoms with Crippen LogP contribution in [0.2, 0.25) is 0 Å². The number of esters is 1. The standard InChI is InChI=1S/C9H13N3O3/c1-4-8-10-9(11-14)7(12(8)3)5-15-6(2)13/h4-5H2,1-3H3. The minimum Gasteiger partial charge on any atom is -0.459 e. The quantitative estimate of drug-likeness (QED) is 0.558. The van der Waals surface area contributed by atoms with Crippen molar-refractivity contribution in [1.82, 2.24) is 9.55 Å². The maximum Gasteiger partial charge on any atom is 0.303 e. The van der Waals surface area contributed by atoms with E-state index in [-0.39, 0.29) is 12.4 Å². The van der Waals surface area contributed by atoms with Crippen LogP contribution in [-0.4, -0.2) is 15.5 Å². The number of imidazole rings is 1. The lowest BCUT2D eigenvalue weighted by molar-refractivity contribution is -0.142. The second-order valence-corrected chi connectivity index (χ2v) is 3.08. The fourth-order valence-corrected chi connectivity index (χ4v) is 1.29.